The van der Waals surface area contributed by atoms with E-state index in [2.05, 4.69) is 40.5 Å². The quantitative estimate of drug-likeness (QED) is 0.846. The Morgan fingerprint density at radius 1 is 1.25 bits per heavy atom. The van der Waals surface area contributed by atoms with Crippen molar-refractivity contribution in [3.63, 3.8) is 0 Å². The normalized spacial score (nSPS) is 10.8. The van der Waals surface area contributed by atoms with Gasteiger partial charge in [-0.05, 0) is 24.5 Å². The smallest absolute Gasteiger partial charge is 0.134 e. The highest BCUT2D eigenvalue weighted by Gasteiger charge is 2.13. The first-order valence-electron chi connectivity index (χ1n) is 6.62. The van der Waals surface area contributed by atoms with Gasteiger partial charge in [-0.1, -0.05) is 25.4 Å². The van der Waals surface area contributed by atoms with Gasteiger partial charge in [0.15, 0.2) is 0 Å². The minimum absolute atomic E-state index is 0.359. The maximum atomic E-state index is 5.93. The third kappa shape index (κ3) is 3.61. The number of anilines is 2. The lowest BCUT2D eigenvalue weighted by Crippen LogP contribution is -2.11. The molecule has 0 unspecified atom stereocenters. The van der Waals surface area contributed by atoms with Gasteiger partial charge in [0.25, 0.3) is 0 Å². The van der Waals surface area contributed by atoms with Crippen LogP contribution in [0, 0.1) is 0 Å². The lowest BCUT2D eigenvalue weighted by molar-refractivity contribution is 0.845. The lowest BCUT2D eigenvalue weighted by atomic mass is 10.0. The summed E-state index contributed by atoms with van der Waals surface area (Å²) < 4.78 is 0.836. The van der Waals surface area contributed by atoms with E-state index < -0.39 is 0 Å². The standard InChI is InChI=1S/C14H19ClN4S/c1-9(2)12-13(16-3)18-8-19-14(12)17-7-6-10-4-5-11(15)20-10/h4-5,8-9H,6-7H2,1-3H3,(H2,16,17,18,19). The minimum Gasteiger partial charge on any atom is -0.373 e. The van der Waals surface area contributed by atoms with E-state index in [4.69, 9.17) is 11.6 Å². The summed E-state index contributed by atoms with van der Waals surface area (Å²) in [4.78, 5) is 9.91. The number of thiophene rings is 1. The molecule has 20 heavy (non-hydrogen) atoms. The van der Waals surface area contributed by atoms with Crippen LogP contribution in [0.5, 0.6) is 0 Å². The van der Waals surface area contributed by atoms with Crippen LogP contribution in [0.2, 0.25) is 4.34 Å². The summed E-state index contributed by atoms with van der Waals surface area (Å²) in [6, 6.07) is 4.00. The minimum atomic E-state index is 0.359. The zero-order valence-corrected chi connectivity index (χ0v) is 13.5. The highest BCUT2D eigenvalue weighted by atomic mass is 35.5. The molecule has 2 heterocycles. The maximum Gasteiger partial charge on any atom is 0.134 e. The van der Waals surface area contributed by atoms with Crippen LogP contribution in [0.4, 0.5) is 11.6 Å². The SMILES string of the molecule is CNc1ncnc(NCCc2ccc(Cl)s2)c1C(C)C. The predicted molar refractivity (Wildman–Crippen MR) is 87.2 cm³/mol. The molecule has 108 valence electrons. The van der Waals surface area contributed by atoms with Crippen LogP contribution < -0.4 is 10.6 Å². The van der Waals surface area contributed by atoms with Crippen LogP contribution >= 0.6 is 22.9 Å². The van der Waals surface area contributed by atoms with Crippen molar-refractivity contribution in [1.82, 2.24) is 9.97 Å². The molecule has 0 aliphatic carbocycles. The number of aromatic nitrogens is 2. The summed E-state index contributed by atoms with van der Waals surface area (Å²) in [7, 11) is 1.88. The van der Waals surface area contributed by atoms with Crippen molar-refractivity contribution in [2.24, 2.45) is 0 Å². The summed E-state index contributed by atoms with van der Waals surface area (Å²) in [6.07, 6.45) is 2.52. The van der Waals surface area contributed by atoms with Crippen LogP contribution in [0.1, 0.15) is 30.2 Å². The van der Waals surface area contributed by atoms with E-state index in [-0.39, 0.29) is 0 Å². The maximum absolute atomic E-state index is 5.93. The molecule has 0 saturated carbocycles. The van der Waals surface area contributed by atoms with E-state index in [9.17, 15) is 0 Å². The van der Waals surface area contributed by atoms with Gasteiger partial charge in [-0.15, -0.1) is 11.3 Å². The molecule has 0 spiro atoms. The first-order chi connectivity index (χ1) is 9.61. The van der Waals surface area contributed by atoms with E-state index >= 15 is 0 Å². The van der Waals surface area contributed by atoms with Crippen molar-refractivity contribution in [2.75, 3.05) is 24.2 Å². The van der Waals surface area contributed by atoms with Crippen molar-refractivity contribution >= 4 is 34.6 Å². The van der Waals surface area contributed by atoms with Gasteiger partial charge in [-0.25, -0.2) is 9.97 Å². The molecule has 0 aromatic carbocycles. The van der Waals surface area contributed by atoms with Crippen LogP contribution in [0.3, 0.4) is 0 Å². The topological polar surface area (TPSA) is 49.8 Å². The Morgan fingerprint density at radius 2 is 2.00 bits per heavy atom. The molecular formula is C14H19ClN4S. The summed E-state index contributed by atoms with van der Waals surface area (Å²) in [5, 5.41) is 6.52. The number of nitrogens with one attached hydrogen (secondary N) is 2. The fourth-order valence-electron chi connectivity index (χ4n) is 2.07. The second kappa shape index (κ2) is 6.90. The summed E-state index contributed by atoms with van der Waals surface area (Å²) in [5.74, 6) is 2.15. The number of rotatable bonds is 6. The monoisotopic (exact) mass is 310 g/mol. The van der Waals surface area contributed by atoms with Crippen molar-refractivity contribution in [2.45, 2.75) is 26.2 Å². The number of halogens is 1. The zero-order chi connectivity index (χ0) is 14.5. The number of hydrogen-bond acceptors (Lipinski definition) is 5. The Labute approximate surface area is 128 Å². The van der Waals surface area contributed by atoms with Crippen LogP contribution in [0.15, 0.2) is 18.5 Å². The highest BCUT2D eigenvalue weighted by Crippen LogP contribution is 2.28. The lowest BCUT2D eigenvalue weighted by Gasteiger charge is -2.16. The Hall–Kier alpha value is -1.33. The van der Waals surface area contributed by atoms with Gasteiger partial charge < -0.3 is 10.6 Å². The molecule has 2 rings (SSSR count). The molecule has 0 fully saturated rings. The molecule has 6 heteroatoms. The fourth-order valence-corrected chi connectivity index (χ4v) is 3.16. The number of hydrogen-bond donors (Lipinski definition) is 2. The van der Waals surface area contributed by atoms with Gasteiger partial charge in [0.05, 0.1) is 4.34 Å². The molecule has 0 radical (unpaired) electrons. The molecule has 0 saturated heterocycles. The largest absolute Gasteiger partial charge is 0.373 e. The van der Waals surface area contributed by atoms with Crippen LogP contribution in [0.25, 0.3) is 0 Å². The van der Waals surface area contributed by atoms with Crippen molar-refractivity contribution in [3.05, 3.63) is 33.2 Å². The van der Waals surface area contributed by atoms with Crippen molar-refractivity contribution in [3.8, 4) is 0 Å². The fraction of sp³-hybridized carbons (Fsp3) is 0.429. The Morgan fingerprint density at radius 3 is 2.60 bits per heavy atom. The average molecular weight is 311 g/mol. The van der Waals surface area contributed by atoms with E-state index in [0.29, 0.717) is 5.92 Å². The first kappa shape index (κ1) is 15.1. The van der Waals surface area contributed by atoms with E-state index in [1.807, 2.05) is 13.1 Å². The average Bonchev–Trinajstić information content (AvgIpc) is 2.83. The van der Waals surface area contributed by atoms with Crippen LogP contribution in [-0.2, 0) is 6.42 Å². The van der Waals surface area contributed by atoms with Crippen molar-refractivity contribution < 1.29 is 0 Å². The Bertz CT molecular complexity index is 568. The van der Waals surface area contributed by atoms with Gasteiger partial charge in [-0.2, -0.15) is 0 Å². The summed E-state index contributed by atoms with van der Waals surface area (Å²) in [5.41, 5.74) is 1.12. The molecule has 0 amide bonds. The Kier molecular flexibility index (Phi) is 5.20. The summed E-state index contributed by atoms with van der Waals surface area (Å²) in [6.45, 7) is 5.12. The molecule has 2 aromatic heterocycles. The molecule has 2 aromatic rings. The van der Waals surface area contributed by atoms with E-state index in [1.54, 1.807) is 17.7 Å². The predicted octanol–water partition coefficient (Wildman–Crippen LogP) is 4.01. The zero-order valence-electron chi connectivity index (χ0n) is 11.9. The molecule has 0 aliphatic heterocycles. The van der Waals surface area contributed by atoms with E-state index in [1.165, 1.54) is 4.88 Å². The molecule has 4 nitrogen and oxygen atoms in total. The second-order valence-corrected chi connectivity index (χ2v) is 6.57. The van der Waals surface area contributed by atoms with Gasteiger partial charge in [0.2, 0.25) is 0 Å². The van der Waals surface area contributed by atoms with Gasteiger partial charge >= 0.3 is 0 Å². The van der Waals surface area contributed by atoms with Gasteiger partial charge in [0.1, 0.15) is 18.0 Å². The van der Waals surface area contributed by atoms with Crippen molar-refractivity contribution in [1.29, 1.82) is 0 Å². The van der Waals surface area contributed by atoms with Gasteiger partial charge in [-0.3, -0.25) is 0 Å². The molecule has 2 N–H and O–H groups in total. The summed E-state index contributed by atoms with van der Waals surface area (Å²) >= 11 is 7.55. The van der Waals surface area contributed by atoms with Crippen LogP contribution in [-0.4, -0.2) is 23.6 Å². The van der Waals surface area contributed by atoms with E-state index in [0.717, 1.165) is 34.5 Å². The highest BCUT2D eigenvalue weighted by molar-refractivity contribution is 7.16. The Balaban J connectivity index is 2.05. The second-order valence-electron chi connectivity index (χ2n) is 4.77. The number of nitrogens with zero attached hydrogens (tertiary/aromatic N) is 2. The molecule has 0 aliphatic rings. The molecule has 0 atom stereocenters. The molecule has 0 bridgehead atoms. The third-order valence-electron chi connectivity index (χ3n) is 2.99. The first-order valence-corrected chi connectivity index (χ1v) is 7.82. The molecular weight excluding hydrogens is 292 g/mol. The van der Waals surface area contributed by atoms with Gasteiger partial charge in [0, 0.05) is 24.0 Å². The third-order valence-corrected chi connectivity index (χ3v) is 4.28.